The number of pyridine rings is 4. The van der Waals surface area contributed by atoms with Crippen LogP contribution in [0.3, 0.4) is 0 Å². The fraction of sp³-hybridized carbons (Fsp3) is 0.190. The first-order valence-corrected chi connectivity index (χ1v) is 32.2. The van der Waals surface area contributed by atoms with Gasteiger partial charge < -0.3 is 28.4 Å². The second-order valence-corrected chi connectivity index (χ2v) is 28.1. The largest absolute Gasteiger partial charge is 2.00 e. The van der Waals surface area contributed by atoms with E-state index in [0.29, 0.717) is 23.3 Å². The van der Waals surface area contributed by atoms with Crippen LogP contribution in [0.1, 0.15) is 105 Å². The van der Waals surface area contributed by atoms with Crippen LogP contribution in [0, 0.1) is 35.9 Å². The van der Waals surface area contributed by atoms with Gasteiger partial charge in [-0.1, -0.05) is 142 Å². The summed E-state index contributed by atoms with van der Waals surface area (Å²) in [5.41, 5.74) is 13.3. The molecular formula is C84H74F2N8O2Pt2. The number of para-hydroxylation sites is 2. The number of hydrogen-bond acceptors (Lipinski definition) is 8. The van der Waals surface area contributed by atoms with Crippen LogP contribution in [0.5, 0.6) is 23.3 Å². The summed E-state index contributed by atoms with van der Waals surface area (Å²) in [6.07, 6.45) is 7.28. The Hall–Kier alpha value is -9.60. The minimum Gasteiger partial charge on any atom is -0.460 e. The summed E-state index contributed by atoms with van der Waals surface area (Å²) < 4.78 is 44.7. The molecule has 6 aromatic heterocycles. The molecule has 14 heteroatoms. The smallest absolute Gasteiger partial charge is 0.460 e. The molecule has 0 saturated carbocycles. The molecule has 0 aliphatic heterocycles. The Balaban J connectivity index is 0.000000200. The van der Waals surface area contributed by atoms with Gasteiger partial charge in [0, 0.05) is 71.2 Å². The van der Waals surface area contributed by atoms with E-state index in [0.717, 1.165) is 100 Å². The molecule has 0 aliphatic rings. The summed E-state index contributed by atoms with van der Waals surface area (Å²) >= 11 is 0. The first-order chi connectivity index (χ1) is 45.9. The topological polar surface area (TPSA) is 86.4 Å². The van der Waals surface area contributed by atoms with E-state index in [1.165, 1.54) is 35.4 Å². The van der Waals surface area contributed by atoms with Crippen molar-refractivity contribution in [3.05, 3.63) is 289 Å². The molecule has 14 rings (SSSR count). The maximum Gasteiger partial charge on any atom is 2.00 e. The molecular weight excluding hydrogens is 1580 g/mol. The molecule has 6 heterocycles. The normalized spacial score (nSPS) is 11.8. The predicted molar refractivity (Wildman–Crippen MR) is 385 cm³/mol. The van der Waals surface area contributed by atoms with E-state index in [1.807, 2.05) is 109 Å². The molecule has 0 fully saturated rings. The van der Waals surface area contributed by atoms with Crippen LogP contribution in [-0.4, -0.2) is 29.1 Å². The number of fused-ring (bicyclic) bond motifs is 6. The first kappa shape index (κ1) is 69.7. The van der Waals surface area contributed by atoms with Crippen LogP contribution in [0.2, 0.25) is 0 Å². The molecule has 10 nitrogen and oxygen atoms in total. The number of benzene rings is 8. The molecule has 0 spiro atoms. The number of hydrogen-bond donors (Lipinski definition) is 0. The summed E-state index contributed by atoms with van der Waals surface area (Å²) in [6, 6.07) is 80.6. The summed E-state index contributed by atoms with van der Waals surface area (Å²) in [5, 5.41) is 3.35. The fourth-order valence-corrected chi connectivity index (χ4v) is 11.8. The van der Waals surface area contributed by atoms with Crippen molar-refractivity contribution < 1.29 is 60.4 Å². The number of aromatic nitrogens is 6. The van der Waals surface area contributed by atoms with Crippen LogP contribution < -0.4 is 19.3 Å². The van der Waals surface area contributed by atoms with Gasteiger partial charge in [-0.3, -0.25) is 0 Å². The van der Waals surface area contributed by atoms with E-state index in [9.17, 15) is 8.78 Å². The summed E-state index contributed by atoms with van der Waals surface area (Å²) in [4.78, 5) is 22.9. The average Bonchev–Trinajstić information content (AvgIpc) is 1.58. The Bertz CT molecular complexity index is 4870. The Morgan fingerprint density at radius 2 is 0.643 bits per heavy atom. The van der Waals surface area contributed by atoms with Crippen LogP contribution in [0.15, 0.2) is 231 Å². The van der Waals surface area contributed by atoms with Crippen molar-refractivity contribution in [3.8, 4) is 34.6 Å². The molecule has 0 atom stereocenters. The van der Waals surface area contributed by atoms with Crippen molar-refractivity contribution >= 4 is 78.0 Å². The van der Waals surface area contributed by atoms with Crippen molar-refractivity contribution in [2.75, 3.05) is 9.80 Å². The van der Waals surface area contributed by atoms with Crippen LogP contribution in [0.25, 0.3) is 55.0 Å². The standard InChI is InChI=1S/C48H42FN5.C36H32FN3O2.2Pt/c1-47(2,3)33-25-27-50-45(29-33)52(36-13-9-7-10-14-36)39-21-23-43-41(31-39)42-32-40(22-24-44(42)54(43)38-19-17-35(49)18-20-38)53(37-15-11-8-12-16-37)46-30-34(26-28-51-46)48(4,5)6;1-35(2,3)23-15-17-38-33(19-23)41-27-11-13-31-29(21-27)30-22-28(42-34-20-24(16-18-39-34)36(4,5)6)12-14-32(30)40(31)26-9-7-25(37)8-10-26;;/h7-30H,1-6H3;7-20H,1-6H3;;/q2*-2;2*+2. The minimum atomic E-state index is -0.293. The van der Waals surface area contributed by atoms with E-state index in [4.69, 9.17) is 19.4 Å². The van der Waals surface area contributed by atoms with Gasteiger partial charge in [0.05, 0.1) is 0 Å². The third kappa shape index (κ3) is 14.8. The molecule has 496 valence electrons. The van der Waals surface area contributed by atoms with Gasteiger partial charge >= 0.3 is 42.1 Å². The predicted octanol–water partition coefficient (Wildman–Crippen LogP) is 22.3. The molecule has 0 bridgehead atoms. The third-order valence-electron chi connectivity index (χ3n) is 17.1. The Morgan fingerprint density at radius 3 is 0.980 bits per heavy atom. The molecule has 0 unspecified atom stereocenters. The first-order valence-electron chi connectivity index (χ1n) is 32.2. The molecule has 0 radical (unpaired) electrons. The van der Waals surface area contributed by atoms with Gasteiger partial charge in [-0.25, -0.2) is 28.7 Å². The van der Waals surface area contributed by atoms with E-state index in [-0.39, 0.29) is 75.4 Å². The van der Waals surface area contributed by atoms with E-state index in [2.05, 4.69) is 209 Å². The molecule has 0 amide bonds. The average molecular weight is 1660 g/mol. The number of ether oxygens (including phenoxy) is 2. The van der Waals surface area contributed by atoms with Crippen molar-refractivity contribution in [2.24, 2.45) is 0 Å². The van der Waals surface area contributed by atoms with Gasteiger partial charge in [-0.2, -0.15) is 33.7 Å². The molecule has 8 aromatic carbocycles. The van der Waals surface area contributed by atoms with E-state index >= 15 is 0 Å². The van der Waals surface area contributed by atoms with Gasteiger partial charge in [0.2, 0.25) is 11.8 Å². The quantitative estimate of drug-likeness (QED) is 0.112. The molecule has 0 aliphatic carbocycles. The van der Waals surface area contributed by atoms with Crippen molar-refractivity contribution in [1.29, 1.82) is 0 Å². The second kappa shape index (κ2) is 28.1. The molecule has 0 saturated heterocycles. The SMILES string of the molecule is CC(C)(C)c1ccnc(N(c2[c-]c3c4[c-]c(N(c5ccccc5)c5cc(C(C)(C)C)ccn5)ccc4n(-c4ccc(F)cc4)c3cc2)c2ccccc2)c1.CC(C)(C)c1ccnc(Oc2[c-]c3c4[c-]c(Oc5cc(C(C)(C)C)ccn5)ccc4n(-c4ccc(F)cc4)c3cc2)c1.[Pt+2].[Pt+2]. The zero-order chi connectivity index (χ0) is 67.3. The zero-order valence-corrected chi connectivity index (χ0v) is 61.3. The van der Waals surface area contributed by atoms with Crippen molar-refractivity contribution in [2.45, 2.75) is 105 Å². The number of halogens is 2. The monoisotopic (exact) mass is 1650 g/mol. The summed E-state index contributed by atoms with van der Waals surface area (Å²) in [5.74, 6) is 3.08. The summed E-state index contributed by atoms with van der Waals surface area (Å²) in [7, 11) is 0. The van der Waals surface area contributed by atoms with Crippen molar-refractivity contribution in [3.63, 3.8) is 0 Å². The van der Waals surface area contributed by atoms with Gasteiger partial charge in [0.15, 0.2) is 0 Å². The second-order valence-electron chi connectivity index (χ2n) is 28.1. The van der Waals surface area contributed by atoms with Crippen LogP contribution in [0.4, 0.5) is 43.2 Å². The maximum atomic E-state index is 14.2. The van der Waals surface area contributed by atoms with Crippen LogP contribution >= 0.6 is 0 Å². The van der Waals surface area contributed by atoms with Gasteiger partial charge in [0.1, 0.15) is 23.3 Å². The minimum absolute atomic E-state index is 0. The Morgan fingerprint density at radius 1 is 0.337 bits per heavy atom. The molecule has 14 aromatic rings. The van der Waals surface area contributed by atoms with Crippen molar-refractivity contribution in [1.82, 2.24) is 29.1 Å². The van der Waals surface area contributed by atoms with Gasteiger partial charge in [0.25, 0.3) is 0 Å². The molecule has 0 N–H and O–H groups in total. The Labute approximate surface area is 601 Å². The van der Waals surface area contributed by atoms with Gasteiger partial charge in [-0.15, -0.1) is 60.7 Å². The Kier molecular flexibility index (Phi) is 20.0. The van der Waals surface area contributed by atoms with E-state index in [1.54, 1.807) is 24.5 Å². The number of rotatable bonds is 12. The number of nitrogens with zero attached hydrogens (tertiary/aromatic N) is 8. The fourth-order valence-electron chi connectivity index (χ4n) is 11.8. The van der Waals surface area contributed by atoms with E-state index < -0.39 is 0 Å². The van der Waals surface area contributed by atoms with Crippen LogP contribution in [-0.2, 0) is 63.8 Å². The number of anilines is 6. The maximum absolute atomic E-state index is 14.2. The third-order valence-corrected chi connectivity index (χ3v) is 17.1. The molecule has 98 heavy (non-hydrogen) atoms. The zero-order valence-electron chi connectivity index (χ0n) is 56.7. The summed E-state index contributed by atoms with van der Waals surface area (Å²) in [6.45, 7) is 26.2. The van der Waals surface area contributed by atoms with Gasteiger partial charge in [-0.05, 0) is 164 Å².